The molecule has 2 rings (SSSR count). The Morgan fingerprint density at radius 2 is 1.88 bits per heavy atom. The van der Waals surface area contributed by atoms with Gasteiger partial charge in [0.25, 0.3) is 5.91 Å². The molecule has 0 aliphatic carbocycles. The van der Waals surface area contributed by atoms with Crippen LogP contribution in [0.1, 0.15) is 9.67 Å². The first-order chi connectivity index (χ1) is 8.09. The van der Waals surface area contributed by atoms with E-state index in [0.29, 0.717) is 13.9 Å². The Kier molecular flexibility index (Phi) is 3.86. The van der Waals surface area contributed by atoms with Crippen LogP contribution in [0.5, 0.6) is 5.75 Å². The molecule has 2 aromatic rings. The number of amides is 1. The molecule has 0 aliphatic heterocycles. The van der Waals surface area contributed by atoms with Crippen LogP contribution in [0, 0.1) is 0 Å². The molecular weight excluding hydrogens is 370 g/mol. The maximum absolute atomic E-state index is 11.9. The molecule has 0 fully saturated rings. The summed E-state index contributed by atoms with van der Waals surface area (Å²) in [5.74, 6) is -0.375. The Labute approximate surface area is 119 Å². The van der Waals surface area contributed by atoms with Crippen molar-refractivity contribution in [2.75, 3.05) is 5.32 Å². The molecule has 1 amide bonds. The molecule has 1 aromatic carbocycles. The summed E-state index contributed by atoms with van der Waals surface area (Å²) in [6.07, 6.45) is 0. The van der Waals surface area contributed by atoms with Crippen LogP contribution in [0.3, 0.4) is 0 Å². The van der Waals surface area contributed by atoms with Gasteiger partial charge in [0.2, 0.25) is 0 Å². The van der Waals surface area contributed by atoms with Crippen molar-refractivity contribution >= 4 is 54.8 Å². The summed E-state index contributed by atoms with van der Waals surface area (Å²) in [5.41, 5.74) is 0.692. The lowest BCUT2D eigenvalue weighted by atomic mass is 10.3. The van der Waals surface area contributed by atoms with Gasteiger partial charge in [-0.05, 0) is 44.0 Å². The number of rotatable bonds is 2. The molecule has 0 spiro atoms. The van der Waals surface area contributed by atoms with Crippen molar-refractivity contribution in [1.29, 1.82) is 0 Å². The fourth-order valence-electron chi connectivity index (χ4n) is 1.24. The van der Waals surface area contributed by atoms with Gasteiger partial charge in [-0.3, -0.25) is 4.79 Å². The minimum atomic E-state index is -0.329. The molecule has 3 nitrogen and oxygen atoms in total. The van der Waals surface area contributed by atoms with Crippen molar-refractivity contribution in [2.24, 2.45) is 0 Å². The third-order valence-corrected chi connectivity index (χ3v) is 5.44. The zero-order valence-corrected chi connectivity index (χ0v) is 12.4. The number of carbonyl (C=O) groups excluding carboxylic acids is 1. The summed E-state index contributed by atoms with van der Waals surface area (Å²) >= 11 is 7.62. The second kappa shape index (κ2) is 5.20. The lowest BCUT2D eigenvalue weighted by Gasteiger charge is -2.03. The number of aromatic hydroxyl groups is 1. The maximum Gasteiger partial charge on any atom is 0.269 e. The smallest absolute Gasteiger partial charge is 0.269 e. The Morgan fingerprint density at radius 1 is 1.24 bits per heavy atom. The maximum atomic E-state index is 11.9. The summed E-state index contributed by atoms with van der Waals surface area (Å²) in [5, 5.41) is 12.4. The fraction of sp³-hybridized carbons (Fsp3) is 0. The quantitative estimate of drug-likeness (QED) is 0.823. The molecule has 0 unspecified atom stereocenters. The Bertz CT molecular complexity index is 554. The van der Waals surface area contributed by atoms with E-state index >= 15 is 0 Å². The molecule has 17 heavy (non-hydrogen) atoms. The minimum absolute atomic E-state index is 0.0460. The predicted molar refractivity (Wildman–Crippen MR) is 75.8 cm³/mol. The SMILES string of the molecule is O=C(Nc1ccccc1)c1sc(Br)c(Br)c1O. The number of thiophene rings is 1. The third kappa shape index (κ3) is 2.70. The van der Waals surface area contributed by atoms with Crippen LogP contribution in [-0.4, -0.2) is 11.0 Å². The van der Waals surface area contributed by atoms with Crippen molar-refractivity contribution in [3.63, 3.8) is 0 Å². The standard InChI is InChI=1S/C11H7Br2NO2S/c12-7-8(15)9(17-10(7)13)11(16)14-6-4-2-1-3-5-6/h1-5,15H,(H,14,16). The van der Waals surface area contributed by atoms with E-state index in [1.165, 1.54) is 11.3 Å². The summed E-state index contributed by atoms with van der Waals surface area (Å²) in [7, 11) is 0. The van der Waals surface area contributed by atoms with Gasteiger partial charge in [0.05, 0.1) is 8.26 Å². The monoisotopic (exact) mass is 375 g/mol. The summed E-state index contributed by atoms with van der Waals surface area (Å²) < 4.78 is 1.19. The van der Waals surface area contributed by atoms with Gasteiger partial charge in [-0.15, -0.1) is 11.3 Å². The molecule has 88 valence electrons. The topological polar surface area (TPSA) is 49.3 Å². The van der Waals surface area contributed by atoms with E-state index in [4.69, 9.17) is 0 Å². The zero-order chi connectivity index (χ0) is 12.4. The van der Waals surface area contributed by atoms with Crippen LogP contribution in [0.15, 0.2) is 38.6 Å². The third-order valence-electron chi connectivity index (χ3n) is 2.03. The normalized spacial score (nSPS) is 10.2. The second-order valence-corrected chi connectivity index (χ2v) is 6.32. The van der Waals surface area contributed by atoms with Gasteiger partial charge >= 0.3 is 0 Å². The summed E-state index contributed by atoms with van der Waals surface area (Å²) in [6, 6.07) is 9.09. The van der Waals surface area contributed by atoms with E-state index in [9.17, 15) is 9.90 Å². The summed E-state index contributed by atoms with van der Waals surface area (Å²) in [4.78, 5) is 12.2. The van der Waals surface area contributed by atoms with Crippen LogP contribution in [-0.2, 0) is 0 Å². The molecule has 0 aliphatic rings. The van der Waals surface area contributed by atoms with E-state index in [0.717, 1.165) is 0 Å². The van der Waals surface area contributed by atoms with E-state index < -0.39 is 0 Å². The van der Waals surface area contributed by atoms with Crippen LogP contribution in [0.4, 0.5) is 5.69 Å². The van der Waals surface area contributed by atoms with E-state index in [2.05, 4.69) is 37.2 Å². The van der Waals surface area contributed by atoms with Crippen molar-refractivity contribution in [3.8, 4) is 5.75 Å². The van der Waals surface area contributed by atoms with Crippen molar-refractivity contribution in [1.82, 2.24) is 0 Å². The molecular formula is C11H7Br2NO2S. The van der Waals surface area contributed by atoms with E-state index in [-0.39, 0.29) is 16.5 Å². The van der Waals surface area contributed by atoms with Crippen LogP contribution < -0.4 is 5.32 Å². The highest BCUT2D eigenvalue weighted by molar-refractivity contribution is 9.13. The predicted octanol–water partition coefficient (Wildman–Crippen LogP) is 4.23. The van der Waals surface area contributed by atoms with Gasteiger partial charge in [-0.2, -0.15) is 0 Å². The van der Waals surface area contributed by atoms with Gasteiger partial charge in [0.15, 0.2) is 5.75 Å². The minimum Gasteiger partial charge on any atom is -0.505 e. The number of anilines is 1. The molecule has 1 aromatic heterocycles. The largest absolute Gasteiger partial charge is 0.505 e. The number of carbonyl (C=O) groups is 1. The molecule has 0 atom stereocenters. The first-order valence-corrected chi connectivity index (χ1v) is 7.03. The number of nitrogens with one attached hydrogen (secondary N) is 1. The molecule has 6 heteroatoms. The highest BCUT2D eigenvalue weighted by Crippen LogP contribution is 2.42. The second-order valence-electron chi connectivity index (χ2n) is 3.19. The molecule has 0 saturated carbocycles. The van der Waals surface area contributed by atoms with Gasteiger partial charge in [-0.25, -0.2) is 0 Å². The average molecular weight is 377 g/mol. The van der Waals surface area contributed by atoms with Crippen molar-refractivity contribution in [3.05, 3.63) is 43.5 Å². The lowest BCUT2D eigenvalue weighted by molar-refractivity contribution is 0.102. The molecule has 0 bridgehead atoms. The highest BCUT2D eigenvalue weighted by atomic mass is 79.9. The Hall–Kier alpha value is -0.850. The van der Waals surface area contributed by atoms with E-state index in [1.807, 2.05) is 18.2 Å². The Morgan fingerprint density at radius 3 is 2.41 bits per heavy atom. The van der Waals surface area contributed by atoms with Crippen LogP contribution in [0.25, 0.3) is 0 Å². The van der Waals surface area contributed by atoms with Crippen molar-refractivity contribution in [2.45, 2.75) is 0 Å². The number of hydrogen-bond acceptors (Lipinski definition) is 3. The zero-order valence-electron chi connectivity index (χ0n) is 8.41. The molecule has 0 radical (unpaired) electrons. The number of hydrogen-bond donors (Lipinski definition) is 2. The average Bonchev–Trinajstić information content (AvgIpc) is 2.58. The van der Waals surface area contributed by atoms with Crippen LogP contribution >= 0.6 is 43.2 Å². The molecule has 0 saturated heterocycles. The first kappa shape index (κ1) is 12.6. The number of para-hydroxylation sites is 1. The van der Waals surface area contributed by atoms with Crippen molar-refractivity contribution < 1.29 is 9.90 Å². The summed E-state index contributed by atoms with van der Waals surface area (Å²) in [6.45, 7) is 0. The van der Waals surface area contributed by atoms with Gasteiger partial charge in [0, 0.05) is 5.69 Å². The van der Waals surface area contributed by atoms with Gasteiger partial charge in [-0.1, -0.05) is 18.2 Å². The fourth-order valence-corrected chi connectivity index (χ4v) is 3.19. The van der Waals surface area contributed by atoms with Gasteiger partial charge < -0.3 is 10.4 Å². The van der Waals surface area contributed by atoms with Crippen LogP contribution in [0.2, 0.25) is 0 Å². The molecule has 2 N–H and O–H groups in total. The number of halogens is 2. The number of benzene rings is 1. The first-order valence-electron chi connectivity index (χ1n) is 4.62. The van der Waals surface area contributed by atoms with Gasteiger partial charge in [0.1, 0.15) is 4.88 Å². The molecule has 1 heterocycles. The lowest BCUT2D eigenvalue weighted by Crippen LogP contribution is -2.10. The Balaban J connectivity index is 2.24. The van der Waals surface area contributed by atoms with E-state index in [1.54, 1.807) is 12.1 Å². The highest BCUT2D eigenvalue weighted by Gasteiger charge is 2.19.